The predicted molar refractivity (Wildman–Crippen MR) is 65.4 cm³/mol. The van der Waals surface area contributed by atoms with Crippen LogP contribution in [0.15, 0.2) is 18.3 Å². The molecule has 0 spiro atoms. The number of pyridine rings is 1. The molecule has 1 rings (SSSR count). The number of anilines is 1. The van der Waals surface area contributed by atoms with Crippen molar-refractivity contribution in [2.75, 3.05) is 11.1 Å². The van der Waals surface area contributed by atoms with E-state index in [1.807, 2.05) is 6.92 Å². The number of halogens is 3. The molecule has 1 aromatic heterocycles. The molecule has 3 nitrogen and oxygen atoms in total. The lowest BCUT2D eigenvalue weighted by atomic mass is 10.3. The van der Waals surface area contributed by atoms with Crippen molar-refractivity contribution in [3.63, 3.8) is 0 Å². The van der Waals surface area contributed by atoms with Crippen LogP contribution < -0.4 is 5.32 Å². The van der Waals surface area contributed by atoms with Gasteiger partial charge in [0.2, 0.25) is 5.91 Å². The first kappa shape index (κ1) is 14.8. The Hall–Kier alpha value is -1.24. The molecule has 0 aliphatic carbocycles. The average Bonchev–Trinajstić information content (AvgIpc) is 2.24. The van der Waals surface area contributed by atoms with Gasteiger partial charge in [-0.1, -0.05) is 6.92 Å². The Morgan fingerprint density at radius 3 is 2.83 bits per heavy atom. The summed E-state index contributed by atoms with van der Waals surface area (Å²) in [6.07, 6.45) is -4.53. The lowest BCUT2D eigenvalue weighted by molar-refractivity contribution is -0.150. The predicted octanol–water partition coefficient (Wildman–Crippen LogP) is 3.23. The molecule has 0 saturated carbocycles. The van der Waals surface area contributed by atoms with Crippen LogP contribution in [0, 0.1) is 0 Å². The molecule has 1 aromatic rings. The maximum Gasteiger partial charge on any atom is 0.397 e. The molecule has 0 atom stereocenters. The van der Waals surface area contributed by atoms with Crippen LogP contribution >= 0.6 is 11.8 Å². The van der Waals surface area contributed by atoms with Crippen molar-refractivity contribution in [1.29, 1.82) is 0 Å². The summed E-state index contributed by atoms with van der Waals surface area (Å²) in [7, 11) is 0. The fraction of sp³-hybridized carbons (Fsp3) is 0.455. The average molecular weight is 278 g/mol. The monoisotopic (exact) mass is 278 g/mol. The van der Waals surface area contributed by atoms with Gasteiger partial charge in [-0.25, -0.2) is 4.98 Å². The van der Waals surface area contributed by atoms with Gasteiger partial charge in [0, 0.05) is 11.9 Å². The topological polar surface area (TPSA) is 42.0 Å². The molecule has 7 heteroatoms. The van der Waals surface area contributed by atoms with E-state index in [0.717, 1.165) is 17.1 Å². The fourth-order valence-corrected chi connectivity index (χ4v) is 1.84. The standard InChI is InChI=1S/C11H13F3N2OS/c1-2-18-7-8-3-4-15-9(5-8)16-10(17)6-11(12,13)14/h3-5H,2,6-7H2,1H3,(H,15,16,17). The molecule has 1 heterocycles. The molecule has 0 aliphatic rings. The molecular formula is C11H13F3N2OS. The number of alkyl halides is 3. The zero-order valence-electron chi connectivity index (χ0n) is 9.75. The molecule has 1 amide bonds. The van der Waals surface area contributed by atoms with Crippen LogP contribution in [0.5, 0.6) is 0 Å². The van der Waals surface area contributed by atoms with Crippen LogP contribution in [-0.2, 0) is 10.5 Å². The van der Waals surface area contributed by atoms with Crippen molar-refractivity contribution in [2.45, 2.75) is 25.3 Å². The van der Waals surface area contributed by atoms with Crippen LogP contribution in [0.1, 0.15) is 18.9 Å². The number of amides is 1. The van der Waals surface area contributed by atoms with Crippen molar-refractivity contribution >= 4 is 23.5 Å². The Morgan fingerprint density at radius 2 is 2.22 bits per heavy atom. The van der Waals surface area contributed by atoms with Gasteiger partial charge in [-0.2, -0.15) is 24.9 Å². The van der Waals surface area contributed by atoms with Gasteiger partial charge in [0.1, 0.15) is 12.2 Å². The number of carbonyl (C=O) groups is 1. The highest BCUT2D eigenvalue weighted by molar-refractivity contribution is 7.98. The number of aromatic nitrogens is 1. The van der Waals surface area contributed by atoms with Crippen LogP contribution in [0.2, 0.25) is 0 Å². The Bertz CT molecular complexity index is 410. The van der Waals surface area contributed by atoms with E-state index >= 15 is 0 Å². The smallest absolute Gasteiger partial charge is 0.310 e. The van der Waals surface area contributed by atoms with E-state index in [0.29, 0.717) is 0 Å². The zero-order chi connectivity index (χ0) is 13.6. The minimum atomic E-state index is -4.50. The van der Waals surface area contributed by atoms with Crippen LogP contribution in [0.3, 0.4) is 0 Å². The van der Waals surface area contributed by atoms with Crippen LogP contribution in [-0.4, -0.2) is 22.8 Å². The third-order valence-corrected chi connectivity index (χ3v) is 2.87. The zero-order valence-corrected chi connectivity index (χ0v) is 10.6. The summed E-state index contributed by atoms with van der Waals surface area (Å²) >= 11 is 1.68. The van der Waals surface area contributed by atoms with Gasteiger partial charge in [-0.3, -0.25) is 4.79 Å². The maximum atomic E-state index is 12.0. The van der Waals surface area contributed by atoms with E-state index in [1.54, 1.807) is 23.9 Å². The first-order valence-corrected chi connectivity index (χ1v) is 6.45. The second kappa shape index (κ2) is 6.63. The highest BCUT2D eigenvalue weighted by Gasteiger charge is 2.31. The van der Waals surface area contributed by atoms with Gasteiger partial charge in [0.15, 0.2) is 0 Å². The number of hydrogen-bond donors (Lipinski definition) is 1. The lowest BCUT2D eigenvalue weighted by Crippen LogP contribution is -2.21. The number of nitrogens with one attached hydrogen (secondary N) is 1. The van der Waals surface area contributed by atoms with Gasteiger partial charge < -0.3 is 5.32 Å². The molecule has 0 unspecified atom stereocenters. The summed E-state index contributed by atoms with van der Waals surface area (Å²) in [5.41, 5.74) is 0.916. The third-order valence-electron chi connectivity index (χ3n) is 1.93. The lowest BCUT2D eigenvalue weighted by Gasteiger charge is -2.08. The first-order chi connectivity index (χ1) is 8.40. The molecule has 0 aliphatic heterocycles. The molecule has 0 aromatic carbocycles. The van der Waals surface area contributed by atoms with Crippen molar-refractivity contribution in [3.8, 4) is 0 Å². The molecule has 18 heavy (non-hydrogen) atoms. The van der Waals surface area contributed by atoms with Gasteiger partial charge in [-0.05, 0) is 23.4 Å². The van der Waals surface area contributed by atoms with E-state index in [4.69, 9.17) is 0 Å². The van der Waals surface area contributed by atoms with E-state index in [1.165, 1.54) is 6.20 Å². The summed E-state index contributed by atoms with van der Waals surface area (Å²) in [5, 5.41) is 2.14. The molecule has 0 radical (unpaired) electrons. The second-order valence-corrected chi connectivity index (χ2v) is 4.80. The van der Waals surface area contributed by atoms with Crippen LogP contribution in [0.4, 0.5) is 19.0 Å². The second-order valence-electron chi connectivity index (χ2n) is 3.53. The number of rotatable bonds is 5. The summed E-state index contributed by atoms with van der Waals surface area (Å²) in [5.74, 6) is 0.730. The molecule has 0 fully saturated rings. The van der Waals surface area contributed by atoms with E-state index < -0.39 is 18.5 Å². The largest absolute Gasteiger partial charge is 0.397 e. The number of nitrogens with zero attached hydrogens (tertiary/aromatic N) is 1. The van der Waals surface area contributed by atoms with Gasteiger partial charge in [0.05, 0.1) is 0 Å². The minimum Gasteiger partial charge on any atom is -0.310 e. The Labute approximate surface area is 107 Å². The summed E-state index contributed by atoms with van der Waals surface area (Å²) in [6.45, 7) is 2.01. The summed E-state index contributed by atoms with van der Waals surface area (Å²) < 4.78 is 35.9. The van der Waals surface area contributed by atoms with Crippen molar-refractivity contribution in [3.05, 3.63) is 23.9 Å². The highest BCUT2D eigenvalue weighted by atomic mass is 32.2. The number of hydrogen-bond acceptors (Lipinski definition) is 3. The minimum absolute atomic E-state index is 0.151. The quantitative estimate of drug-likeness (QED) is 0.899. The number of thioether (sulfide) groups is 1. The fourth-order valence-electron chi connectivity index (χ4n) is 1.22. The van der Waals surface area contributed by atoms with E-state index in [2.05, 4.69) is 10.3 Å². The SMILES string of the molecule is CCSCc1ccnc(NC(=O)CC(F)(F)F)c1. The Balaban J connectivity index is 2.59. The van der Waals surface area contributed by atoms with Crippen molar-refractivity contribution in [1.82, 2.24) is 4.98 Å². The highest BCUT2D eigenvalue weighted by Crippen LogP contribution is 2.20. The molecule has 0 saturated heterocycles. The van der Waals surface area contributed by atoms with Gasteiger partial charge >= 0.3 is 6.18 Å². The van der Waals surface area contributed by atoms with Crippen LogP contribution in [0.25, 0.3) is 0 Å². The Kier molecular flexibility index (Phi) is 5.46. The Morgan fingerprint density at radius 1 is 1.50 bits per heavy atom. The molecular weight excluding hydrogens is 265 g/mol. The van der Waals surface area contributed by atoms with Gasteiger partial charge in [-0.15, -0.1) is 0 Å². The summed E-state index contributed by atoms with van der Waals surface area (Å²) in [6, 6.07) is 3.35. The van der Waals surface area contributed by atoms with E-state index in [9.17, 15) is 18.0 Å². The molecule has 1 N–H and O–H groups in total. The molecule has 0 bridgehead atoms. The van der Waals surface area contributed by atoms with Gasteiger partial charge in [0.25, 0.3) is 0 Å². The summed E-state index contributed by atoms with van der Waals surface area (Å²) in [4.78, 5) is 14.9. The first-order valence-electron chi connectivity index (χ1n) is 5.30. The maximum absolute atomic E-state index is 12.0. The number of carbonyl (C=O) groups excluding carboxylic acids is 1. The third kappa shape index (κ3) is 5.90. The van der Waals surface area contributed by atoms with Crippen molar-refractivity contribution < 1.29 is 18.0 Å². The van der Waals surface area contributed by atoms with Crippen molar-refractivity contribution in [2.24, 2.45) is 0 Å². The molecule has 100 valence electrons. The normalized spacial score (nSPS) is 11.3. The van der Waals surface area contributed by atoms with E-state index in [-0.39, 0.29) is 5.82 Å².